The predicted molar refractivity (Wildman–Crippen MR) is 90.1 cm³/mol. The molecule has 3 N–H and O–H groups in total. The second kappa shape index (κ2) is 7.57. The van der Waals surface area contributed by atoms with Crippen molar-refractivity contribution in [3.05, 3.63) is 24.3 Å². The molecule has 0 aliphatic heterocycles. The Hall–Kier alpha value is -1.92. The summed E-state index contributed by atoms with van der Waals surface area (Å²) in [5.41, 5.74) is 2.51. The maximum absolute atomic E-state index is 8.94. The van der Waals surface area contributed by atoms with Gasteiger partial charge in [-0.25, -0.2) is 9.97 Å². The number of methoxy groups -OCH3 is 1. The van der Waals surface area contributed by atoms with Gasteiger partial charge in [0.1, 0.15) is 23.6 Å². The van der Waals surface area contributed by atoms with Crippen molar-refractivity contribution in [2.75, 3.05) is 13.7 Å². The van der Waals surface area contributed by atoms with Gasteiger partial charge < -0.3 is 19.8 Å². The molecule has 0 saturated heterocycles. The lowest BCUT2D eigenvalue weighted by Gasteiger charge is -2.19. The smallest absolute Gasteiger partial charge is 0.139 e. The molecule has 1 saturated carbocycles. The number of fused-ring (bicyclic) bond motifs is 3. The zero-order valence-electron chi connectivity index (χ0n) is 13.5. The van der Waals surface area contributed by atoms with Crippen molar-refractivity contribution < 1.29 is 9.84 Å². The van der Waals surface area contributed by atoms with Gasteiger partial charge in [0.15, 0.2) is 0 Å². The van der Waals surface area contributed by atoms with Crippen LogP contribution in [0.1, 0.15) is 37.9 Å². The van der Waals surface area contributed by atoms with E-state index >= 15 is 0 Å². The number of aliphatic hydroxyl groups is 1. The van der Waals surface area contributed by atoms with Crippen LogP contribution in [0.3, 0.4) is 0 Å². The van der Waals surface area contributed by atoms with E-state index in [2.05, 4.69) is 19.9 Å². The van der Waals surface area contributed by atoms with Crippen LogP contribution in [0.2, 0.25) is 0 Å². The number of aromatic nitrogens is 4. The van der Waals surface area contributed by atoms with Crippen molar-refractivity contribution in [3.63, 3.8) is 0 Å². The fourth-order valence-electron chi connectivity index (χ4n) is 3.19. The lowest BCUT2D eigenvalue weighted by atomic mass is 9.90. The fourth-order valence-corrected chi connectivity index (χ4v) is 3.19. The Morgan fingerprint density at radius 2 is 2.13 bits per heavy atom. The molecule has 0 aromatic carbocycles. The topological polar surface area (TPSA) is 86.8 Å². The van der Waals surface area contributed by atoms with E-state index < -0.39 is 0 Å². The third kappa shape index (κ3) is 3.71. The molecule has 1 aliphatic rings. The summed E-state index contributed by atoms with van der Waals surface area (Å²) in [5, 5.41) is 9.91. The van der Waals surface area contributed by atoms with Gasteiger partial charge in [-0.3, -0.25) is 0 Å². The van der Waals surface area contributed by atoms with E-state index in [1.165, 1.54) is 32.1 Å². The van der Waals surface area contributed by atoms with Gasteiger partial charge in [-0.15, -0.1) is 0 Å². The van der Waals surface area contributed by atoms with Crippen LogP contribution in [0.4, 0.5) is 0 Å². The van der Waals surface area contributed by atoms with Crippen molar-refractivity contribution in [1.29, 1.82) is 0 Å². The zero-order valence-corrected chi connectivity index (χ0v) is 13.5. The van der Waals surface area contributed by atoms with E-state index in [1.54, 1.807) is 13.3 Å². The largest absolute Gasteiger partial charge is 0.388 e. The van der Waals surface area contributed by atoms with Crippen LogP contribution in [-0.2, 0) is 11.3 Å². The number of ether oxygens (including phenoxy) is 1. The summed E-state index contributed by atoms with van der Waals surface area (Å²) >= 11 is 0. The molecule has 1 aliphatic carbocycles. The highest BCUT2D eigenvalue weighted by Crippen LogP contribution is 2.23. The van der Waals surface area contributed by atoms with Gasteiger partial charge in [0, 0.05) is 25.3 Å². The van der Waals surface area contributed by atoms with E-state index in [1.807, 2.05) is 12.3 Å². The monoisotopic (exact) mass is 316 g/mol. The van der Waals surface area contributed by atoms with Crippen LogP contribution in [-0.4, -0.2) is 38.8 Å². The predicted octanol–water partition coefficient (Wildman–Crippen LogP) is 3.14. The minimum Gasteiger partial charge on any atom is -0.388 e. The number of pyridine rings is 1. The fraction of sp³-hybridized carbons (Fsp3) is 0.529. The number of H-pyrrole nitrogens is 2. The molecule has 124 valence electrons. The molecule has 0 amide bonds. The van der Waals surface area contributed by atoms with E-state index in [4.69, 9.17) is 9.84 Å². The normalized spacial score (nSPS) is 15.7. The summed E-state index contributed by atoms with van der Waals surface area (Å²) in [6.07, 6.45) is 10.6. The van der Waals surface area contributed by atoms with Crippen molar-refractivity contribution in [1.82, 2.24) is 19.9 Å². The standard InChI is InChI=1S/C9H8N4O.C8H16O/c14-4-7-12-6-3-11-9-5(1-2-10-9)8(6)13-7;1-9-7-8-5-3-2-4-6-8/h1-3,14H,4H2,(H,10,11)(H,12,13);8H,2-7H2,1H3. The van der Waals surface area contributed by atoms with Gasteiger partial charge in [-0.1, -0.05) is 19.3 Å². The van der Waals surface area contributed by atoms with Crippen LogP contribution in [0.15, 0.2) is 18.5 Å². The number of aliphatic hydroxyl groups excluding tert-OH is 1. The zero-order chi connectivity index (χ0) is 16.1. The van der Waals surface area contributed by atoms with Crippen molar-refractivity contribution >= 4 is 22.1 Å². The van der Waals surface area contributed by atoms with Crippen molar-refractivity contribution in [3.8, 4) is 0 Å². The molecule has 0 bridgehead atoms. The molecule has 1 fully saturated rings. The summed E-state index contributed by atoms with van der Waals surface area (Å²) in [7, 11) is 1.80. The molecule has 3 heterocycles. The first kappa shape index (κ1) is 16.0. The second-order valence-electron chi connectivity index (χ2n) is 6.06. The van der Waals surface area contributed by atoms with Crippen molar-refractivity contribution in [2.24, 2.45) is 5.92 Å². The summed E-state index contributed by atoms with van der Waals surface area (Å²) in [6, 6.07) is 1.92. The van der Waals surface area contributed by atoms with Gasteiger partial charge in [0.2, 0.25) is 0 Å². The molecule has 23 heavy (non-hydrogen) atoms. The molecule has 6 heteroatoms. The number of hydrogen-bond acceptors (Lipinski definition) is 4. The summed E-state index contributed by atoms with van der Waals surface area (Å²) < 4.78 is 5.08. The Balaban J connectivity index is 0.000000151. The van der Waals surface area contributed by atoms with E-state index in [-0.39, 0.29) is 6.61 Å². The maximum Gasteiger partial charge on any atom is 0.139 e. The third-order valence-electron chi connectivity index (χ3n) is 4.36. The first-order valence-corrected chi connectivity index (χ1v) is 8.22. The highest BCUT2D eigenvalue weighted by atomic mass is 16.5. The third-order valence-corrected chi connectivity index (χ3v) is 4.36. The number of rotatable bonds is 3. The molecule has 0 unspecified atom stereocenters. The number of nitrogens with one attached hydrogen (secondary N) is 2. The molecule has 0 radical (unpaired) electrons. The minimum absolute atomic E-state index is 0.0827. The molecule has 4 rings (SSSR count). The molecule has 6 nitrogen and oxygen atoms in total. The summed E-state index contributed by atoms with van der Waals surface area (Å²) in [6.45, 7) is 0.903. The Bertz CT molecular complexity index is 741. The van der Waals surface area contributed by atoms with Gasteiger partial charge in [-0.2, -0.15) is 0 Å². The Labute approximate surface area is 135 Å². The quantitative estimate of drug-likeness (QED) is 0.693. The van der Waals surface area contributed by atoms with Gasteiger partial charge in [0.05, 0.1) is 11.7 Å². The van der Waals surface area contributed by atoms with E-state index in [9.17, 15) is 0 Å². The van der Waals surface area contributed by atoms with E-state index in [0.29, 0.717) is 5.82 Å². The van der Waals surface area contributed by atoms with Gasteiger partial charge in [-0.05, 0) is 24.8 Å². The molecule has 3 aromatic heterocycles. The number of hydrogen-bond donors (Lipinski definition) is 3. The second-order valence-corrected chi connectivity index (χ2v) is 6.06. The van der Waals surface area contributed by atoms with Crippen LogP contribution in [0.25, 0.3) is 22.1 Å². The first-order valence-electron chi connectivity index (χ1n) is 8.22. The van der Waals surface area contributed by atoms with Gasteiger partial charge >= 0.3 is 0 Å². The molecular formula is C17H24N4O2. The highest BCUT2D eigenvalue weighted by molar-refractivity contribution is 6.00. The SMILES string of the molecule is COCC1CCCCC1.OCc1nc2c(cnc3[nH]ccc32)[nH]1. The minimum atomic E-state index is -0.0827. The van der Waals surface area contributed by atoms with Crippen molar-refractivity contribution in [2.45, 2.75) is 38.7 Å². The Morgan fingerprint density at radius 3 is 2.87 bits per heavy atom. The molecule has 0 spiro atoms. The highest BCUT2D eigenvalue weighted by Gasteiger charge is 2.11. The van der Waals surface area contributed by atoms with Crippen LogP contribution < -0.4 is 0 Å². The number of imidazole rings is 1. The molecular weight excluding hydrogens is 292 g/mol. The summed E-state index contributed by atoms with van der Waals surface area (Å²) in [5.74, 6) is 1.44. The lowest BCUT2D eigenvalue weighted by molar-refractivity contribution is 0.131. The average molecular weight is 316 g/mol. The van der Waals surface area contributed by atoms with Crippen LogP contribution in [0, 0.1) is 5.92 Å². The Kier molecular flexibility index (Phi) is 5.25. The number of nitrogens with zero attached hydrogens (tertiary/aromatic N) is 2. The lowest BCUT2D eigenvalue weighted by Crippen LogP contribution is -2.11. The summed E-state index contributed by atoms with van der Waals surface area (Å²) in [4.78, 5) is 14.5. The molecule has 3 aromatic rings. The van der Waals surface area contributed by atoms with Crippen LogP contribution >= 0.6 is 0 Å². The molecule has 0 atom stereocenters. The maximum atomic E-state index is 8.94. The average Bonchev–Trinajstić information content (AvgIpc) is 3.22. The Morgan fingerprint density at radius 1 is 1.30 bits per heavy atom. The number of aromatic amines is 2. The van der Waals surface area contributed by atoms with E-state index in [0.717, 1.165) is 34.6 Å². The van der Waals surface area contributed by atoms with Gasteiger partial charge in [0.25, 0.3) is 0 Å². The van der Waals surface area contributed by atoms with Crippen LogP contribution in [0.5, 0.6) is 0 Å². The first-order chi connectivity index (χ1) is 11.3.